The zero-order valence-electron chi connectivity index (χ0n) is 9.79. The number of hydrogen-bond donors (Lipinski definition) is 0. The normalized spacial score (nSPS) is 10.6. The van der Waals surface area contributed by atoms with Crippen LogP contribution in [0.5, 0.6) is 0 Å². The highest BCUT2D eigenvalue weighted by Crippen LogP contribution is 2.28. The standard InChI is InChI=1S/C14H9Cl2N3/c15-12-7-6-10(8-13(12)16)14-18-17-9-19(14)11-4-2-1-3-5-11/h1-9H. The summed E-state index contributed by atoms with van der Waals surface area (Å²) in [4.78, 5) is 0. The minimum absolute atomic E-state index is 0.502. The van der Waals surface area contributed by atoms with Crippen LogP contribution in [0.1, 0.15) is 0 Å². The van der Waals surface area contributed by atoms with Crippen molar-refractivity contribution in [2.45, 2.75) is 0 Å². The molecule has 2 aromatic carbocycles. The minimum Gasteiger partial charge on any atom is -0.282 e. The van der Waals surface area contributed by atoms with Gasteiger partial charge in [-0.2, -0.15) is 0 Å². The maximum absolute atomic E-state index is 6.04. The molecule has 0 saturated heterocycles. The lowest BCUT2D eigenvalue weighted by atomic mass is 10.2. The van der Waals surface area contributed by atoms with E-state index in [0.29, 0.717) is 10.0 Å². The second kappa shape index (κ2) is 5.03. The van der Waals surface area contributed by atoms with Crippen molar-refractivity contribution in [2.75, 3.05) is 0 Å². The van der Waals surface area contributed by atoms with Gasteiger partial charge in [0.05, 0.1) is 10.0 Å². The Balaban J connectivity index is 2.12. The molecule has 0 bridgehead atoms. The summed E-state index contributed by atoms with van der Waals surface area (Å²) in [5.74, 6) is 0.727. The molecule has 0 N–H and O–H groups in total. The second-order valence-corrected chi connectivity index (χ2v) is 4.80. The fourth-order valence-corrected chi connectivity index (χ4v) is 2.14. The van der Waals surface area contributed by atoms with Crippen molar-refractivity contribution in [3.8, 4) is 17.1 Å². The molecule has 5 heteroatoms. The Morgan fingerprint density at radius 1 is 0.895 bits per heavy atom. The first-order chi connectivity index (χ1) is 9.25. The lowest BCUT2D eigenvalue weighted by Crippen LogP contribution is -1.95. The predicted molar refractivity (Wildman–Crippen MR) is 76.8 cm³/mol. The number of rotatable bonds is 2. The van der Waals surface area contributed by atoms with Crippen LogP contribution in [0.2, 0.25) is 10.0 Å². The van der Waals surface area contributed by atoms with E-state index in [-0.39, 0.29) is 0 Å². The van der Waals surface area contributed by atoms with E-state index < -0.39 is 0 Å². The van der Waals surface area contributed by atoms with Crippen LogP contribution in [0.25, 0.3) is 17.1 Å². The smallest absolute Gasteiger partial charge is 0.168 e. The summed E-state index contributed by atoms with van der Waals surface area (Å²) in [5, 5.41) is 9.13. The van der Waals surface area contributed by atoms with Gasteiger partial charge >= 0.3 is 0 Å². The molecule has 1 aromatic heterocycles. The first-order valence-corrected chi connectivity index (χ1v) is 6.42. The topological polar surface area (TPSA) is 30.7 Å². The molecule has 94 valence electrons. The molecule has 0 aliphatic rings. The highest BCUT2D eigenvalue weighted by molar-refractivity contribution is 6.42. The third kappa shape index (κ3) is 2.35. The molecule has 0 saturated carbocycles. The summed E-state index contributed by atoms with van der Waals surface area (Å²) >= 11 is 12.0. The van der Waals surface area contributed by atoms with Gasteiger partial charge in [-0.3, -0.25) is 4.57 Å². The van der Waals surface area contributed by atoms with Crippen molar-refractivity contribution in [3.05, 3.63) is 64.9 Å². The van der Waals surface area contributed by atoms with Crippen LogP contribution >= 0.6 is 23.2 Å². The monoisotopic (exact) mass is 289 g/mol. The Morgan fingerprint density at radius 2 is 1.68 bits per heavy atom. The number of hydrogen-bond acceptors (Lipinski definition) is 2. The third-order valence-corrected chi connectivity index (χ3v) is 3.50. The Morgan fingerprint density at radius 3 is 2.42 bits per heavy atom. The van der Waals surface area contributed by atoms with Crippen molar-refractivity contribution < 1.29 is 0 Å². The first kappa shape index (κ1) is 12.2. The molecule has 0 amide bonds. The number of para-hydroxylation sites is 1. The Hall–Kier alpha value is -1.84. The molecule has 0 unspecified atom stereocenters. The van der Waals surface area contributed by atoms with E-state index in [4.69, 9.17) is 23.2 Å². The molecule has 3 nitrogen and oxygen atoms in total. The number of aromatic nitrogens is 3. The minimum atomic E-state index is 0.502. The van der Waals surface area contributed by atoms with Crippen molar-refractivity contribution in [1.29, 1.82) is 0 Å². The summed E-state index contributed by atoms with van der Waals surface area (Å²) in [6.07, 6.45) is 1.67. The van der Waals surface area contributed by atoms with Crippen LogP contribution in [0.3, 0.4) is 0 Å². The lowest BCUT2D eigenvalue weighted by Gasteiger charge is -2.07. The molecule has 3 rings (SSSR count). The molecular weight excluding hydrogens is 281 g/mol. The summed E-state index contributed by atoms with van der Waals surface area (Å²) in [6, 6.07) is 15.3. The summed E-state index contributed by atoms with van der Waals surface area (Å²) in [6.45, 7) is 0. The van der Waals surface area contributed by atoms with Crippen LogP contribution < -0.4 is 0 Å². The van der Waals surface area contributed by atoms with Gasteiger partial charge in [0.15, 0.2) is 5.82 Å². The van der Waals surface area contributed by atoms with E-state index in [1.54, 1.807) is 18.5 Å². The zero-order chi connectivity index (χ0) is 13.2. The van der Waals surface area contributed by atoms with E-state index in [1.807, 2.05) is 41.0 Å². The molecule has 3 aromatic rings. The van der Waals surface area contributed by atoms with Crippen LogP contribution in [-0.4, -0.2) is 14.8 Å². The second-order valence-electron chi connectivity index (χ2n) is 3.99. The van der Waals surface area contributed by atoms with Gasteiger partial charge in [-0.1, -0.05) is 41.4 Å². The zero-order valence-corrected chi connectivity index (χ0v) is 11.3. The molecule has 19 heavy (non-hydrogen) atoms. The van der Waals surface area contributed by atoms with Gasteiger partial charge < -0.3 is 0 Å². The Bertz CT molecular complexity index is 708. The highest BCUT2D eigenvalue weighted by atomic mass is 35.5. The van der Waals surface area contributed by atoms with Crippen molar-refractivity contribution in [1.82, 2.24) is 14.8 Å². The molecule has 0 atom stereocenters. The van der Waals surface area contributed by atoms with Crippen LogP contribution in [-0.2, 0) is 0 Å². The van der Waals surface area contributed by atoms with Gasteiger partial charge in [0, 0.05) is 11.3 Å². The van der Waals surface area contributed by atoms with Crippen molar-refractivity contribution >= 4 is 23.2 Å². The molecule has 0 aliphatic carbocycles. The number of nitrogens with zero attached hydrogens (tertiary/aromatic N) is 3. The Kier molecular flexibility index (Phi) is 3.23. The van der Waals surface area contributed by atoms with Crippen molar-refractivity contribution in [3.63, 3.8) is 0 Å². The van der Waals surface area contributed by atoms with Gasteiger partial charge in [0.25, 0.3) is 0 Å². The number of halogens is 2. The van der Waals surface area contributed by atoms with Crippen LogP contribution in [0.15, 0.2) is 54.9 Å². The molecule has 1 heterocycles. The lowest BCUT2D eigenvalue weighted by molar-refractivity contribution is 1.06. The maximum atomic E-state index is 6.04. The van der Waals surface area contributed by atoms with Gasteiger partial charge in [0.2, 0.25) is 0 Å². The average molecular weight is 290 g/mol. The number of benzene rings is 2. The van der Waals surface area contributed by atoms with Gasteiger partial charge in [-0.05, 0) is 30.3 Å². The fourth-order valence-electron chi connectivity index (χ4n) is 1.84. The van der Waals surface area contributed by atoms with Gasteiger partial charge in [-0.15, -0.1) is 10.2 Å². The molecular formula is C14H9Cl2N3. The highest BCUT2D eigenvalue weighted by Gasteiger charge is 2.10. The quantitative estimate of drug-likeness (QED) is 0.706. The molecule has 0 radical (unpaired) electrons. The third-order valence-electron chi connectivity index (χ3n) is 2.76. The van der Waals surface area contributed by atoms with E-state index in [2.05, 4.69) is 10.2 Å². The van der Waals surface area contributed by atoms with E-state index in [9.17, 15) is 0 Å². The van der Waals surface area contributed by atoms with Gasteiger partial charge in [0.1, 0.15) is 6.33 Å². The maximum Gasteiger partial charge on any atom is 0.168 e. The van der Waals surface area contributed by atoms with Gasteiger partial charge in [-0.25, -0.2) is 0 Å². The fraction of sp³-hybridized carbons (Fsp3) is 0. The van der Waals surface area contributed by atoms with E-state index >= 15 is 0 Å². The van der Waals surface area contributed by atoms with Crippen LogP contribution in [0.4, 0.5) is 0 Å². The summed E-state index contributed by atoms with van der Waals surface area (Å²) in [5.41, 5.74) is 1.87. The average Bonchev–Trinajstić information content (AvgIpc) is 2.92. The predicted octanol–water partition coefficient (Wildman–Crippen LogP) is 4.24. The SMILES string of the molecule is Clc1ccc(-c2nncn2-c2ccccc2)cc1Cl. The van der Waals surface area contributed by atoms with Crippen molar-refractivity contribution in [2.24, 2.45) is 0 Å². The first-order valence-electron chi connectivity index (χ1n) is 5.66. The summed E-state index contributed by atoms with van der Waals surface area (Å²) < 4.78 is 1.90. The van der Waals surface area contributed by atoms with E-state index in [1.165, 1.54) is 0 Å². The molecule has 0 spiro atoms. The summed E-state index contributed by atoms with van der Waals surface area (Å²) in [7, 11) is 0. The Labute approximate surface area is 120 Å². The van der Waals surface area contributed by atoms with Crippen LogP contribution in [0, 0.1) is 0 Å². The van der Waals surface area contributed by atoms with E-state index in [0.717, 1.165) is 17.1 Å². The molecule has 0 fully saturated rings. The molecule has 0 aliphatic heterocycles. The largest absolute Gasteiger partial charge is 0.282 e.